The number of carbonyl (C=O) groups is 2. The van der Waals surface area contributed by atoms with Gasteiger partial charge in [-0.15, -0.1) is 0 Å². The molecule has 8 heteroatoms. The Morgan fingerprint density at radius 2 is 1.56 bits per heavy atom. The lowest BCUT2D eigenvalue weighted by Gasteiger charge is -2.16. The largest absolute Gasteiger partial charge is 0.324 e. The van der Waals surface area contributed by atoms with Gasteiger partial charge < -0.3 is 10.6 Å². The first-order valence-electron chi connectivity index (χ1n) is 10.3. The van der Waals surface area contributed by atoms with E-state index < -0.39 is 0 Å². The lowest BCUT2D eigenvalue weighted by atomic mass is 9.92. The molecule has 1 heterocycles. The molecule has 3 aromatic rings. The summed E-state index contributed by atoms with van der Waals surface area (Å²) in [5.41, 5.74) is 2.08. The number of para-hydroxylation sites is 2. The summed E-state index contributed by atoms with van der Waals surface area (Å²) in [5.74, 6) is 0.0911. The summed E-state index contributed by atoms with van der Waals surface area (Å²) < 4.78 is 1.72. The molecule has 0 aliphatic rings. The van der Waals surface area contributed by atoms with Crippen molar-refractivity contribution in [2.45, 2.75) is 26.2 Å². The van der Waals surface area contributed by atoms with Gasteiger partial charge in [0.05, 0.1) is 35.2 Å². The Bertz CT molecular complexity index is 1090. The highest BCUT2D eigenvalue weighted by Crippen LogP contribution is 2.26. The van der Waals surface area contributed by atoms with Crippen molar-refractivity contribution in [3.05, 3.63) is 71.4 Å². The zero-order valence-corrected chi connectivity index (χ0v) is 19.5. The smallest absolute Gasteiger partial charge is 0.239 e. The fourth-order valence-electron chi connectivity index (χ4n) is 3.08. The molecule has 0 fully saturated rings. The summed E-state index contributed by atoms with van der Waals surface area (Å²) in [5, 5.41) is 10.8. The summed E-state index contributed by atoms with van der Waals surface area (Å²) >= 11 is 6.08. The molecule has 32 heavy (non-hydrogen) atoms. The van der Waals surface area contributed by atoms with Crippen LogP contribution in [0, 0.1) is 0 Å². The number of amides is 2. The normalized spacial score (nSPS) is 11.4. The highest BCUT2D eigenvalue weighted by molar-refractivity contribution is 6.33. The van der Waals surface area contributed by atoms with Crippen molar-refractivity contribution in [3.63, 3.8) is 0 Å². The zero-order valence-electron chi connectivity index (χ0n) is 18.7. The fourth-order valence-corrected chi connectivity index (χ4v) is 3.27. The monoisotopic (exact) mass is 453 g/mol. The van der Waals surface area contributed by atoms with Gasteiger partial charge >= 0.3 is 0 Å². The second-order valence-electron chi connectivity index (χ2n) is 8.66. The number of hydrogen-bond donors (Lipinski definition) is 2. The predicted octanol–water partition coefficient (Wildman–Crippen LogP) is 4.33. The number of hydrogen-bond acceptors (Lipinski definition) is 4. The number of halogens is 1. The summed E-state index contributed by atoms with van der Waals surface area (Å²) in [6, 6.07) is 18.5. The van der Waals surface area contributed by atoms with Crippen LogP contribution in [0.3, 0.4) is 0 Å². The van der Waals surface area contributed by atoms with Crippen LogP contribution < -0.4 is 10.6 Å². The first-order valence-corrected chi connectivity index (χ1v) is 10.7. The van der Waals surface area contributed by atoms with E-state index in [0.29, 0.717) is 16.5 Å². The van der Waals surface area contributed by atoms with Crippen molar-refractivity contribution >= 4 is 34.9 Å². The molecule has 0 bridgehead atoms. The maximum atomic E-state index is 12.7. The Labute approximate surface area is 193 Å². The lowest BCUT2D eigenvalue weighted by molar-refractivity contribution is -0.119. The van der Waals surface area contributed by atoms with E-state index in [1.807, 2.05) is 36.4 Å². The number of carbonyl (C=O) groups excluding carboxylic acids is 2. The average molecular weight is 454 g/mol. The third-order valence-corrected chi connectivity index (χ3v) is 5.05. The second-order valence-corrected chi connectivity index (χ2v) is 9.07. The van der Waals surface area contributed by atoms with E-state index in [2.05, 4.69) is 31.4 Å². The summed E-state index contributed by atoms with van der Waals surface area (Å²) in [4.78, 5) is 26.7. The van der Waals surface area contributed by atoms with E-state index in [0.717, 1.165) is 11.4 Å². The van der Waals surface area contributed by atoms with Gasteiger partial charge in [-0.25, -0.2) is 4.68 Å². The molecule has 2 amide bonds. The van der Waals surface area contributed by atoms with Gasteiger partial charge in [-0.3, -0.25) is 14.5 Å². The Hall–Kier alpha value is -3.16. The number of benzene rings is 2. The van der Waals surface area contributed by atoms with Crippen LogP contribution >= 0.6 is 11.6 Å². The van der Waals surface area contributed by atoms with Crippen LogP contribution in [-0.2, 0) is 15.0 Å². The Kier molecular flexibility index (Phi) is 7.33. The molecule has 168 valence electrons. The molecule has 0 spiro atoms. The van der Waals surface area contributed by atoms with Crippen LogP contribution in [0.15, 0.2) is 60.7 Å². The standard InChI is InChI=1S/C24H28ClN5O2/c1-24(2,3)20-14-21(30(28-20)17-10-6-5-7-11-17)27-23(32)16-29(4)15-22(31)26-19-13-9-8-12-18(19)25/h5-14H,15-16H2,1-4H3,(H,26,31)(H,27,32). The number of nitrogens with zero attached hydrogens (tertiary/aromatic N) is 3. The van der Waals surface area contributed by atoms with E-state index >= 15 is 0 Å². The molecule has 7 nitrogen and oxygen atoms in total. The van der Waals surface area contributed by atoms with Gasteiger partial charge in [-0.1, -0.05) is 62.7 Å². The molecule has 0 atom stereocenters. The maximum Gasteiger partial charge on any atom is 0.239 e. The molecule has 0 aliphatic heterocycles. The molecule has 0 radical (unpaired) electrons. The van der Waals surface area contributed by atoms with Crippen molar-refractivity contribution in [2.24, 2.45) is 0 Å². The van der Waals surface area contributed by atoms with Gasteiger partial charge in [0.2, 0.25) is 11.8 Å². The van der Waals surface area contributed by atoms with Crippen LogP contribution in [0.25, 0.3) is 5.69 Å². The number of aromatic nitrogens is 2. The van der Waals surface area contributed by atoms with E-state index in [9.17, 15) is 9.59 Å². The van der Waals surface area contributed by atoms with Crippen LogP contribution in [0.1, 0.15) is 26.5 Å². The maximum absolute atomic E-state index is 12.7. The zero-order chi connectivity index (χ0) is 23.3. The van der Waals surface area contributed by atoms with E-state index in [-0.39, 0.29) is 30.3 Å². The van der Waals surface area contributed by atoms with Crippen LogP contribution in [0.5, 0.6) is 0 Å². The van der Waals surface area contributed by atoms with Gasteiger partial charge in [0, 0.05) is 11.5 Å². The van der Waals surface area contributed by atoms with Gasteiger partial charge in [-0.05, 0) is 31.3 Å². The molecule has 0 unspecified atom stereocenters. The summed E-state index contributed by atoms with van der Waals surface area (Å²) in [6.45, 7) is 6.30. The number of likely N-dealkylation sites (N-methyl/N-ethyl adjacent to an activating group) is 1. The summed E-state index contributed by atoms with van der Waals surface area (Å²) in [7, 11) is 1.71. The molecule has 3 rings (SSSR count). The molecular formula is C24H28ClN5O2. The minimum Gasteiger partial charge on any atom is -0.324 e. The average Bonchev–Trinajstić information content (AvgIpc) is 3.14. The van der Waals surface area contributed by atoms with Gasteiger partial charge in [-0.2, -0.15) is 5.10 Å². The van der Waals surface area contributed by atoms with Crippen molar-refractivity contribution in [2.75, 3.05) is 30.8 Å². The minimum atomic E-state index is -0.252. The Morgan fingerprint density at radius 1 is 0.969 bits per heavy atom. The van der Waals surface area contributed by atoms with Crippen LogP contribution in [-0.4, -0.2) is 46.6 Å². The van der Waals surface area contributed by atoms with E-state index in [4.69, 9.17) is 16.7 Å². The van der Waals surface area contributed by atoms with Gasteiger partial charge in [0.15, 0.2) is 0 Å². The van der Waals surface area contributed by atoms with Crippen LogP contribution in [0.2, 0.25) is 5.02 Å². The molecular weight excluding hydrogens is 426 g/mol. The Morgan fingerprint density at radius 3 is 2.19 bits per heavy atom. The lowest BCUT2D eigenvalue weighted by Crippen LogP contribution is -2.36. The van der Waals surface area contributed by atoms with Crippen LogP contribution in [0.4, 0.5) is 11.5 Å². The molecule has 0 saturated heterocycles. The quantitative estimate of drug-likeness (QED) is 0.558. The first-order chi connectivity index (χ1) is 15.1. The van der Waals surface area contributed by atoms with Crippen molar-refractivity contribution in [1.29, 1.82) is 0 Å². The molecule has 0 saturated carbocycles. The number of rotatable bonds is 7. The minimum absolute atomic E-state index is 0.0424. The predicted molar refractivity (Wildman–Crippen MR) is 128 cm³/mol. The van der Waals surface area contributed by atoms with Gasteiger partial charge in [0.25, 0.3) is 0 Å². The van der Waals surface area contributed by atoms with E-state index in [1.54, 1.807) is 40.9 Å². The molecule has 0 aliphatic carbocycles. The summed E-state index contributed by atoms with van der Waals surface area (Å²) in [6.07, 6.45) is 0. The molecule has 2 aromatic carbocycles. The third kappa shape index (κ3) is 6.18. The van der Waals surface area contributed by atoms with Gasteiger partial charge in [0.1, 0.15) is 5.82 Å². The van der Waals surface area contributed by atoms with Crippen molar-refractivity contribution in [3.8, 4) is 5.69 Å². The molecule has 2 N–H and O–H groups in total. The van der Waals surface area contributed by atoms with Crippen molar-refractivity contribution in [1.82, 2.24) is 14.7 Å². The highest BCUT2D eigenvalue weighted by Gasteiger charge is 2.22. The number of nitrogens with one attached hydrogen (secondary N) is 2. The molecule has 1 aromatic heterocycles. The first kappa shape index (κ1) is 23.5. The highest BCUT2D eigenvalue weighted by atomic mass is 35.5. The SMILES string of the molecule is CN(CC(=O)Nc1ccccc1Cl)CC(=O)Nc1cc(C(C)(C)C)nn1-c1ccccc1. The fraction of sp³-hybridized carbons (Fsp3) is 0.292. The van der Waals surface area contributed by atoms with E-state index in [1.165, 1.54) is 0 Å². The van der Waals surface area contributed by atoms with Crippen molar-refractivity contribution < 1.29 is 9.59 Å². The Balaban J connectivity index is 1.65. The topological polar surface area (TPSA) is 79.3 Å². The third-order valence-electron chi connectivity index (χ3n) is 4.72. The number of anilines is 2. The second kappa shape index (κ2) is 9.97.